The molecule has 5 rings (SSSR count). The van der Waals surface area contributed by atoms with Crippen molar-refractivity contribution < 1.29 is 0 Å². The second-order valence-corrected chi connectivity index (χ2v) is 11.4. The van der Waals surface area contributed by atoms with E-state index in [0.29, 0.717) is 0 Å². The lowest BCUT2D eigenvalue weighted by molar-refractivity contribution is 0.647. The Balaban J connectivity index is 1.63. The van der Waals surface area contributed by atoms with Crippen LogP contribution in [0.3, 0.4) is 0 Å². The standard InChI is InChI=1S/C26H25I/c1-25(2)23-15-20(19-9-8-17-6-4-5-7-18(17)14-19)10-11-21(23)22-12-13-26(3,27)16-24(22)25/h4,6,8-12,14-16H,5,7,13H2,1-3H3. The summed E-state index contributed by atoms with van der Waals surface area (Å²) in [6, 6.07) is 14.1. The van der Waals surface area contributed by atoms with Crippen LogP contribution in [0.25, 0.3) is 22.8 Å². The quantitative estimate of drug-likeness (QED) is 0.303. The van der Waals surface area contributed by atoms with Crippen LogP contribution in [0, 0.1) is 0 Å². The second-order valence-electron chi connectivity index (χ2n) is 8.90. The molecule has 0 N–H and O–H groups in total. The smallest absolute Gasteiger partial charge is 0.0413 e. The summed E-state index contributed by atoms with van der Waals surface area (Å²) in [6.07, 6.45) is 12.9. The molecule has 0 aromatic heterocycles. The molecule has 1 atom stereocenters. The molecule has 0 saturated carbocycles. The van der Waals surface area contributed by atoms with E-state index in [1.54, 1.807) is 0 Å². The van der Waals surface area contributed by atoms with Crippen LogP contribution in [0.1, 0.15) is 55.9 Å². The number of hydrogen-bond donors (Lipinski definition) is 0. The topological polar surface area (TPSA) is 0 Å². The zero-order valence-corrected chi connectivity index (χ0v) is 18.4. The number of hydrogen-bond acceptors (Lipinski definition) is 0. The van der Waals surface area contributed by atoms with Gasteiger partial charge in [-0.3, -0.25) is 0 Å². The number of benzene rings is 2. The van der Waals surface area contributed by atoms with Gasteiger partial charge in [0.15, 0.2) is 0 Å². The third kappa shape index (κ3) is 2.77. The maximum Gasteiger partial charge on any atom is 0.0413 e. The molecule has 0 amide bonds. The molecule has 0 bridgehead atoms. The van der Waals surface area contributed by atoms with Gasteiger partial charge in [-0.2, -0.15) is 0 Å². The first-order valence-electron chi connectivity index (χ1n) is 9.93. The van der Waals surface area contributed by atoms with Gasteiger partial charge in [-0.05, 0) is 76.8 Å². The first-order valence-corrected chi connectivity index (χ1v) is 11.0. The van der Waals surface area contributed by atoms with E-state index in [2.05, 4.69) is 104 Å². The minimum atomic E-state index is 0.0704. The molecule has 0 heterocycles. The molecule has 136 valence electrons. The van der Waals surface area contributed by atoms with Crippen LogP contribution in [0.4, 0.5) is 0 Å². The lowest BCUT2D eigenvalue weighted by Crippen LogP contribution is -2.22. The molecule has 2 aromatic rings. The monoisotopic (exact) mass is 464 g/mol. The summed E-state index contributed by atoms with van der Waals surface area (Å²) < 4.78 is 0.227. The summed E-state index contributed by atoms with van der Waals surface area (Å²) in [7, 11) is 0. The Hall–Kier alpha value is -1.61. The highest BCUT2D eigenvalue weighted by atomic mass is 127. The molecule has 0 radical (unpaired) electrons. The molecule has 3 aliphatic carbocycles. The highest BCUT2D eigenvalue weighted by Gasteiger charge is 2.41. The van der Waals surface area contributed by atoms with Gasteiger partial charge in [0.1, 0.15) is 0 Å². The largest absolute Gasteiger partial charge is 0.0836 e. The average Bonchev–Trinajstić information content (AvgIpc) is 2.87. The Bertz CT molecular complexity index is 1040. The summed E-state index contributed by atoms with van der Waals surface area (Å²) in [5.74, 6) is 0. The van der Waals surface area contributed by atoms with Gasteiger partial charge in [0, 0.05) is 8.84 Å². The van der Waals surface area contributed by atoms with Crippen molar-refractivity contribution in [3.63, 3.8) is 0 Å². The fourth-order valence-electron chi connectivity index (χ4n) is 4.86. The second kappa shape index (κ2) is 5.94. The van der Waals surface area contributed by atoms with Crippen LogP contribution in [-0.2, 0) is 11.8 Å². The third-order valence-corrected chi connectivity index (χ3v) is 7.20. The van der Waals surface area contributed by atoms with E-state index in [1.165, 1.54) is 44.5 Å². The number of fused-ring (bicyclic) bond motifs is 4. The van der Waals surface area contributed by atoms with E-state index in [0.717, 1.165) is 19.3 Å². The van der Waals surface area contributed by atoms with Crippen molar-refractivity contribution in [1.29, 1.82) is 0 Å². The molecule has 0 spiro atoms. The molecule has 0 aliphatic heterocycles. The number of halogens is 1. The van der Waals surface area contributed by atoms with Gasteiger partial charge in [-0.25, -0.2) is 0 Å². The zero-order valence-electron chi connectivity index (χ0n) is 16.3. The number of rotatable bonds is 1. The van der Waals surface area contributed by atoms with Crippen LogP contribution in [-0.4, -0.2) is 3.42 Å². The number of alkyl halides is 1. The van der Waals surface area contributed by atoms with Gasteiger partial charge in [-0.15, -0.1) is 0 Å². The lowest BCUT2D eigenvalue weighted by Gasteiger charge is -2.29. The molecule has 0 nitrogen and oxygen atoms in total. The van der Waals surface area contributed by atoms with Crippen molar-refractivity contribution in [2.24, 2.45) is 0 Å². The predicted octanol–water partition coefficient (Wildman–Crippen LogP) is 7.51. The van der Waals surface area contributed by atoms with E-state index >= 15 is 0 Å². The predicted molar refractivity (Wildman–Crippen MR) is 125 cm³/mol. The maximum atomic E-state index is 2.59. The summed E-state index contributed by atoms with van der Waals surface area (Å²) in [5.41, 5.74) is 11.5. The van der Waals surface area contributed by atoms with Gasteiger partial charge < -0.3 is 0 Å². The average molecular weight is 464 g/mol. The van der Waals surface area contributed by atoms with Crippen LogP contribution in [0.5, 0.6) is 0 Å². The van der Waals surface area contributed by atoms with Crippen LogP contribution >= 0.6 is 22.6 Å². The Labute approximate surface area is 176 Å². The molecular formula is C26H25I. The molecule has 27 heavy (non-hydrogen) atoms. The van der Waals surface area contributed by atoms with Crippen molar-refractivity contribution >= 4 is 34.2 Å². The molecule has 0 fully saturated rings. The van der Waals surface area contributed by atoms with Crippen molar-refractivity contribution in [3.8, 4) is 11.1 Å². The summed E-state index contributed by atoms with van der Waals surface area (Å²) >= 11 is 2.59. The van der Waals surface area contributed by atoms with Crippen molar-refractivity contribution in [2.45, 2.75) is 48.9 Å². The summed E-state index contributed by atoms with van der Waals surface area (Å²) in [4.78, 5) is 0. The fraction of sp³-hybridized carbons (Fsp3) is 0.308. The van der Waals surface area contributed by atoms with Crippen LogP contribution in [0.15, 0.2) is 60.2 Å². The highest BCUT2D eigenvalue weighted by Crippen LogP contribution is 2.54. The minimum absolute atomic E-state index is 0.0704. The molecule has 3 aliphatic rings. The van der Waals surface area contributed by atoms with Crippen LogP contribution < -0.4 is 0 Å². The van der Waals surface area contributed by atoms with Crippen LogP contribution in [0.2, 0.25) is 0 Å². The van der Waals surface area contributed by atoms with Gasteiger partial charge in [0.25, 0.3) is 0 Å². The summed E-state index contributed by atoms with van der Waals surface area (Å²) in [5, 5.41) is 0. The van der Waals surface area contributed by atoms with E-state index in [-0.39, 0.29) is 8.84 Å². The van der Waals surface area contributed by atoms with E-state index < -0.39 is 0 Å². The molecule has 2 aromatic carbocycles. The first-order chi connectivity index (χ1) is 12.9. The van der Waals surface area contributed by atoms with Gasteiger partial charge in [-0.1, -0.05) is 91.1 Å². The normalized spacial score (nSPS) is 24.6. The number of aryl methyl sites for hydroxylation is 1. The fourth-order valence-corrected chi connectivity index (χ4v) is 5.39. The lowest BCUT2D eigenvalue weighted by atomic mass is 9.78. The van der Waals surface area contributed by atoms with Gasteiger partial charge in [0.2, 0.25) is 0 Å². The Morgan fingerprint density at radius 2 is 1.74 bits per heavy atom. The Morgan fingerprint density at radius 1 is 0.963 bits per heavy atom. The van der Waals surface area contributed by atoms with Crippen molar-refractivity contribution in [1.82, 2.24) is 0 Å². The molecule has 0 saturated heterocycles. The summed E-state index contributed by atoms with van der Waals surface area (Å²) in [6.45, 7) is 7.11. The van der Waals surface area contributed by atoms with E-state index in [9.17, 15) is 0 Å². The maximum absolute atomic E-state index is 2.59. The van der Waals surface area contributed by atoms with Crippen molar-refractivity contribution in [3.05, 3.63) is 82.5 Å². The SMILES string of the molecule is CC1(I)C=C2C(=CC1)c1ccc(-c3ccc4c(c3)CCC=C4)cc1C2(C)C. The third-order valence-electron chi connectivity index (χ3n) is 6.45. The highest BCUT2D eigenvalue weighted by molar-refractivity contribution is 14.1. The molecule has 1 heteroatoms. The van der Waals surface area contributed by atoms with Gasteiger partial charge >= 0.3 is 0 Å². The zero-order chi connectivity index (χ0) is 18.8. The van der Waals surface area contributed by atoms with E-state index in [4.69, 9.17) is 0 Å². The number of allylic oxidation sites excluding steroid dienone is 5. The van der Waals surface area contributed by atoms with Gasteiger partial charge in [0.05, 0.1) is 0 Å². The molecule has 1 unspecified atom stereocenters. The Kier molecular flexibility index (Phi) is 3.85. The Morgan fingerprint density at radius 3 is 2.59 bits per heavy atom. The van der Waals surface area contributed by atoms with E-state index in [1.807, 2.05) is 0 Å². The molecular weight excluding hydrogens is 439 g/mol. The van der Waals surface area contributed by atoms with Crippen molar-refractivity contribution in [2.75, 3.05) is 0 Å². The first kappa shape index (κ1) is 17.5. The minimum Gasteiger partial charge on any atom is -0.0836 e.